The minimum absolute atomic E-state index is 0.407. The van der Waals surface area contributed by atoms with E-state index in [4.69, 9.17) is 4.74 Å². The highest BCUT2D eigenvalue weighted by molar-refractivity contribution is 5.15. The Morgan fingerprint density at radius 3 is 2.88 bits per heavy atom. The van der Waals surface area contributed by atoms with Crippen molar-refractivity contribution in [3.8, 4) is 0 Å². The van der Waals surface area contributed by atoms with Crippen molar-refractivity contribution >= 4 is 0 Å². The fraction of sp³-hybridized carbons (Fsp3) is 0.857. The van der Waals surface area contributed by atoms with Gasteiger partial charge in [-0.15, -0.1) is 0 Å². The van der Waals surface area contributed by atoms with Crippen molar-refractivity contribution in [3.05, 3.63) is 11.6 Å². The molecule has 0 bridgehead atoms. The lowest BCUT2D eigenvalue weighted by molar-refractivity contribution is 0.0404. The van der Waals surface area contributed by atoms with Gasteiger partial charge < -0.3 is 10.1 Å². The van der Waals surface area contributed by atoms with Gasteiger partial charge in [0.15, 0.2) is 0 Å². The Balaban J connectivity index is 2.00. The van der Waals surface area contributed by atoms with Crippen LogP contribution in [-0.4, -0.2) is 25.3 Å². The first-order valence-electron chi connectivity index (χ1n) is 6.83. The van der Waals surface area contributed by atoms with Gasteiger partial charge in [-0.25, -0.2) is 0 Å². The van der Waals surface area contributed by atoms with E-state index in [1.807, 2.05) is 0 Å². The van der Waals surface area contributed by atoms with Crippen LogP contribution in [0.25, 0.3) is 0 Å². The molecule has 1 fully saturated rings. The van der Waals surface area contributed by atoms with Gasteiger partial charge in [-0.3, -0.25) is 0 Å². The van der Waals surface area contributed by atoms with E-state index in [9.17, 15) is 0 Å². The minimum Gasteiger partial charge on any atom is -0.373 e. The maximum Gasteiger partial charge on any atom is 0.0770 e. The number of hydrogen-bond donors (Lipinski definition) is 1. The molecule has 2 heteroatoms. The number of ether oxygens (including phenoxy) is 1. The van der Waals surface area contributed by atoms with Crippen LogP contribution in [0.5, 0.6) is 0 Å². The molecule has 1 aliphatic carbocycles. The molecule has 3 atom stereocenters. The van der Waals surface area contributed by atoms with Gasteiger partial charge in [-0.1, -0.05) is 18.1 Å². The summed E-state index contributed by atoms with van der Waals surface area (Å²) < 4.78 is 6.01. The molecule has 1 saturated heterocycles. The topological polar surface area (TPSA) is 21.3 Å². The fourth-order valence-electron chi connectivity index (χ4n) is 3.01. The maximum absolute atomic E-state index is 6.01. The predicted molar refractivity (Wildman–Crippen MR) is 67.6 cm³/mol. The van der Waals surface area contributed by atoms with E-state index in [0.717, 1.165) is 0 Å². The normalized spacial score (nSPS) is 33.2. The van der Waals surface area contributed by atoms with Crippen molar-refractivity contribution in [1.29, 1.82) is 0 Å². The van der Waals surface area contributed by atoms with E-state index < -0.39 is 0 Å². The molecule has 92 valence electrons. The third kappa shape index (κ3) is 2.86. The van der Waals surface area contributed by atoms with E-state index in [2.05, 4.69) is 25.4 Å². The molecule has 3 unspecified atom stereocenters. The smallest absolute Gasteiger partial charge is 0.0770 e. The van der Waals surface area contributed by atoms with Gasteiger partial charge in [-0.2, -0.15) is 0 Å². The van der Waals surface area contributed by atoms with Gasteiger partial charge >= 0.3 is 0 Å². The summed E-state index contributed by atoms with van der Waals surface area (Å²) in [7, 11) is 2.07. The third-order valence-corrected chi connectivity index (χ3v) is 3.92. The Bertz CT molecular complexity index is 249. The van der Waals surface area contributed by atoms with Crippen LogP contribution in [0, 0.1) is 0 Å². The predicted octanol–water partition coefficient (Wildman–Crippen LogP) is 3.03. The molecule has 1 heterocycles. The Hall–Kier alpha value is -0.340. The van der Waals surface area contributed by atoms with Gasteiger partial charge in [-0.05, 0) is 52.5 Å². The zero-order valence-corrected chi connectivity index (χ0v) is 10.7. The summed E-state index contributed by atoms with van der Waals surface area (Å²) in [6.45, 7) is 2.19. The molecule has 0 saturated carbocycles. The van der Waals surface area contributed by atoms with E-state index in [1.54, 1.807) is 5.57 Å². The number of hydrogen-bond acceptors (Lipinski definition) is 2. The number of nitrogens with one attached hydrogen (secondary N) is 1. The number of allylic oxidation sites excluding steroid dienone is 1. The molecule has 0 spiro atoms. The van der Waals surface area contributed by atoms with Gasteiger partial charge in [0, 0.05) is 0 Å². The van der Waals surface area contributed by atoms with Crippen LogP contribution >= 0.6 is 0 Å². The van der Waals surface area contributed by atoms with Crippen molar-refractivity contribution in [2.24, 2.45) is 0 Å². The summed E-state index contributed by atoms with van der Waals surface area (Å²) in [6.07, 6.45) is 12.4. The first-order chi connectivity index (χ1) is 7.81. The van der Waals surface area contributed by atoms with Gasteiger partial charge in [0.25, 0.3) is 0 Å². The molecule has 0 aromatic rings. The maximum atomic E-state index is 6.01. The lowest BCUT2D eigenvalue weighted by atomic mass is 9.95. The van der Waals surface area contributed by atoms with Crippen LogP contribution in [0.4, 0.5) is 0 Å². The standard InChI is InChI=1S/C14H25NO/c1-11-9-10-13(16-11)14(15-2)12-7-5-3-4-6-8-12/h7,11,13-15H,3-6,8-10H2,1-2H3. The number of likely N-dealkylation sites (N-methyl/N-ethyl adjacent to an activating group) is 1. The monoisotopic (exact) mass is 223 g/mol. The third-order valence-electron chi connectivity index (χ3n) is 3.92. The SMILES string of the molecule is CNC(C1=CCCCCC1)C1CCC(C)O1. The zero-order valence-electron chi connectivity index (χ0n) is 10.7. The molecule has 2 nitrogen and oxygen atoms in total. The van der Waals surface area contributed by atoms with Crippen LogP contribution in [-0.2, 0) is 4.74 Å². The van der Waals surface area contributed by atoms with E-state index in [1.165, 1.54) is 44.9 Å². The summed E-state index contributed by atoms with van der Waals surface area (Å²) in [5.41, 5.74) is 1.60. The summed E-state index contributed by atoms with van der Waals surface area (Å²) in [4.78, 5) is 0. The van der Waals surface area contributed by atoms with Crippen LogP contribution in [0.15, 0.2) is 11.6 Å². The molecule has 1 N–H and O–H groups in total. The molecular weight excluding hydrogens is 198 g/mol. The number of rotatable bonds is 3. The molecular formula is C14H25NO. The molecule has 0 amide bonds. The molecule has 0 radical (unpaired) electrons. The second kappa shape index (κ2) is 5.83. The summed E-state index contributed by atoms with van der Waals surface area (Å²) >= 11 is 0. The van der Waals surface area contributed by atoms with Crippen LogP contribution in [0.1, 0.15) is 51.9 Å². The molecule has 0 aromatic heterocycles. The molecule has 1 aliphatic heterocycles. The van der Waals surface area contributed by atoms with E-state index in [0.29, 0.717) is 18.2 Å². The van der Waals surface area contributed by atoms with Crippen LogP contribution in [0.2, 0.25) is 0 Å². The minimum atomic E-state index is 0.407. The van der Waals surface area contributed by atoms with Gasteiger partial charge in [0.2, 0.25) is 0 Å². The van der Waals surface area contributed by atoms with Crippen molar-refractivity contribution in [1.82, 2.24) is 5.32 Å². The summed E-state index contributed by atoms with van der Waals surface area (Å²) in [5.74, 6) is 0. The van der Waals surface area contributed by atoms with Crippen molar-refractivity contribution in [2.75, 3.05) is 7.05 Å². The first kappa shape index (κ1) is 12.1. The Morgan fingerprint density at radius 2 is 2.19 bits per heavy atom. The molecule has 16 heavy (non-hydrogen) atoms. The highest BCUT2D eigenvalue weighted by Crippen LogP contribution is 2.28. The highest BCUT2D eigenvalue weighted by atomic mass is 16.5. The second-order valence-electron chi connectivity index (χ2n) is 5.21. The van der Waals surface area contributed by atoms with Crippen LogP contribution < -0.4 is 5.32 Å². The molecule has 0 aromatic carbocycles. The van der Waals surface area contributed by atoms with Crippen molar-refractivity contribution < 1.29 is 4.74 Å². The summed E-state index contributed by atoms with van der Waals surface area (Å²) in [6, 6.07) is 0.461. The Labute approximate surface area is 99.4 Å². The van der Waals surface area contributed by atoms with Crippen molar-refractivity contribution in [2.45, 2.75) is 70.1 Å². The van der Waals surface area contributed by atoms with Crippen molar-refractivity contribution in [3.63, 3.8) is 0 Å². The zero-order chi connectivity index (χ0) is 11.4. The quantitative estimate of drug-likeness (QED) is 0.743. The average Bonchev–Trinajstić information content (AvgIpc) is 2.55. The van der Waals surface area contributed by atoms with Crippen LogP contribution in [0.3, 0.4) is 0 Å². The fourth-order valence-corrected chi connectivity index (χ4v) is 3.01. The molecule has 2 rings (SSSR count). The lowest BCUT2D eigenvalue weighted by Gasteiger charge is -2.25. The molecule has 2 aliphatic rings. The Kier molecular flexibility index (Phi) is 4.42. The largest absolute Gasteiger partial charge is 0.373 e. The van der Waals surface area contributed by atoms with Gasteiger partial charge in [0.1, 0.15) is 0 Å². The first-order valence-corrected chi connectivity index (χ1v) is 6.83. The van der Waals surface area contributed by atoms with E-state index >= 15 is 0 Å². The van der Waals surface area contributed by atoms with E-state index in [-0.39, 0.29) is 0 Å². The second-order valence-corrected chi connectivity index (χ2v) is 5.21. The van der Waals surface area contributed by atoms with Gasteiger partial charge in [0.05, 0.1) is 18.2 Å². The average molecular weight is 223 g/mol. The highest BCUT2D eigenvalue weighted by Gasteiger charge is 2.30. The summed E-state index contributed by atoms with van der Waals surface area (Å²) in [5, 5.41) is 3.47. The Morgan fingerprint density at radius 1 is 1.31 bits per heavy atom. The lowest BCUT2D eigenvalue weighted by Crippen LogP contribution is -2.39.